The minimum atomic E-state index is -0.931. The molecule has 9 aromatic heterocycles. The largest absolute Gasteiger partial charge is 0.507 e. The Kier molecular flexibility index (Phi) is 24.7. The molecule has 9 N–H and O–H groups in total. The topological polar surface area (TPSA) is 430 Å². The average molecular weight is 1870 g/mol. The Morgan fingerprint density at radius 2 is 0.724 bits per heavy atom. The number of benzene rings is 3. The van der Waals surface area contributed by atoms with E-state index >= 15 is 17.6 Å². The summed E-state index contributed by atoms with van der Waals surface area (Å²) in [6.07, 6.45) is 11.0. The van der Waals surface area contributed by atoms with Crippen LogP contribution in [0.2, 0.25) is 10.0 Å². The maximum Gasteiger partial charge on any atom is 0.355 e. The summed E-state index contributed by atoms with van der Waals surface area (Å²) in [6.45, 7) is 30.4. The summed E-state index contributed by atoms with van der Waals surface area (Å²) < 4.78 is 65.5. The van der Waals surface area contributed by atoms with Gasteiger partial charge in [0.1, 0.15) is 57.8 Å². The fraction of sp³-hybridized carbons (Fsp3) is 0.368. The number of hydrogen-bond donors (Lipinski definition) is 6. The number of aromatic nitrogens is 15. The van der Waals surface area contributed by atoms with Gasteiger partial charge in [-0.05, 0) is 171 Å². The SMILES string of the molecule is C=CC(=O)N1CCN(c2nc(=O)n(-c3c(C4CC4)nc(N)nc3C3CC3)c3nc(-c4c(O)cccc4F)c(Cl)cc23)[C@@H](C)C1.C=CC(=O)N1C[C@H](C)N(c2nc(=O)n(-c3c(C(C)C)nc(N)nc3C(C)C)c3nc(-c4c(O)cccc4F)c(F)cc23)C[C@H]1C.C=CC(=O)N1C[C@H](C)N(c2nc(=O)n(-c3c(C4CC4)nc(N)nc3C3CC3)c3nc(-c4c(O)cccc4F)c(Cl)cc23)C[C@H]1C. The zero-order valence-corrected chi connectivity index (χ0v) is 76.4. The number of carbonyl (C=O) groups excluding carboxylic acids is 3. The number of anilines is 6. The van der Waals surface area contributed by atoms with Crippen LogP contribution in [-0.4, -0.2) is 197 Å². The van der Waals surface area contributed by atoms with Crippen LogP contribution in [0.3, 0.4) is 0 Å². The molecule has 134 heavy (non-hydrogen) atoms. The van der Waals surface area contributed by atoms with E-state index in [2.05, 4.69) is 69.6 Å². The van der Waals surface area contributed by atoms with Crippen LogP contribution in [0.15, 0.2) is 125 Å². The number of rotatable bonds is 18. The molecule has 3 amide bonds. The second kappa shape index (κ2) is 36.1. The standard InChI is InChI=1S/C32H32ClFN8O3.C32H36F2N8O3.C31H30ClFN8O3/c1-4-23(44)40-13-16(3)41(14-15(40)2)29-19-12-20(33)27(24-21(34)6-5-7-22(24)43)36-30(19)42(32(45)39-29)28-25(17-8-9-17)37-31(35)38-26(28)18-10-11-18;1-8-23(44)40-13-18(7)41(14-17(40)6)29-19-12-21(34)27(24-20(33)10-9-11-22(24)43)36-30(19)42(32(45)39-29)28-25(15(2)3)37-31(35)38-26(28)16(4)5;1-3-22(43)39-11-12-40(15(2)14-39)28-18-13-19(32)26(23-20(33)5-4-6-21(23)42)35-29(18)41(31(44)38-28)27-24(16-7-8-16)36-30(34)37-25(27)17-9-10-17/h4-7,12,15-18,43H,1,8-11,13-14H2,2-3H3,(H2,35,37,38);8-12,15-18,43H,1,13-14H2,2-7H3,(H2,35,37,38);3-6,13,15-17,42H,1,7-12,14H2,2H3,(H2,34,36,37)/t15-,16+;17-,18+;15-/m110/s1. The molecule has 0 radical (unpaired) electrons. The lowest BCUT2D eigenvalue weighted by atomic mass is 10.0. The van der Waals surface area contributed by atoms with Crippen molar-refractivity contribution in [2.24, 2.45) is 0 Å². The van der Waals surface area contributed by atoms with Crippen LogP contribution >= 0.6 is 23.2 Å². The molecule has 5 atom stereocenters. The predicted molar refractivity (Wildman–Crippen MR) is 503 cm³/mol. The molecule has 0 unspecified atom stereocenters. The smallest absolute Gasteiger partial charge is 0.355 e. The Balaban J connectivity index is 0.000000140. The van der Waals surface area contributed by atoms with Crippen LogP contribution < -0.4 is 49.0 Å². The third kappa shape index (κ3) is 17.1. The molecule has 12 aromatic rings. The second-order valence-electron chi connectivity index (χ2n) is 35.8. The molecule has 7 aliphatic rings. The number of hydrogen-bond acceptors (Lipinski definition) is 27. The molecule has 3 aliphatic heterocycles. The van der Waals surface area contributed by atoms with Crippen molar-refractivity contribution in [3.63, 3.8) is 0 Å². The highest BCUT2D eigenvalue weighted by molar-refractivity contribution is 6.34. The first-order valence-corrected chi connectivity index (χ1v) is 45.2. The Morgan fingerprint density at radius 1 is 0.403 bits per heavy atom. The van der Waals surface area contributed by atoms with Gasteiger partial charge < -0.3 is 61.9 Å². The van der Waals surface area contributed by atoms with E-state index in [1.165, 1.54) is 80.5 Å². The van der Waals surface area contributed by atoms with E-state index in [4.69, 9.17) is 50.4 Å². The number of phenolic OH excluding ortho intramolecular Hbond substituents is 3. The lowest BCUT2D eigenvalue weighted by Crippen LogP contribution is -2.58. The van der Waals surface area contributed by atoms with Crippen LogP contribution in [0.25, 0.3) is 83.9 Å². The van der Waals surface area contributed by atoms with E-state index in [9.17, 15) is 44.1 Å². The van der Waals surface area contributed by atoms with E-state index in [0.29, 0.717) is 113 Å². The van der Waals surface area contributed by atoms with Gasteiger partial charge in [-0.25, -0.2) is 90.5 Å². The van der Waals surface area contributed by atoms with E-state index < -0.39 is 57.3 Å². The molecule has 4 saturated carbocycles. The summed E-state index contributed by atoms with van der Waals surface area (Å²) in [5.41, 5.74) is 20.2. The van der Waals surface area contributed by atoms with Crippen molar-refractivity contribution in [3.8, 4) is 68.1 Å². The summed E-state index contributed by atoms with van der Waals surface area (Å²) in [7, 11) is 0. The first-order valence-electron chi connectivity index (χ1n) is 44.4. The molecule has 694 valence electrons. The number of amides is 3. The molecule has 7 fully saturated rings. The van der Waals surface area contributed by atoms with Crippen molar-refractivity contribution in [1.29, 1.82) is 0 Å². The third-order valence-electron chi connectivity index (χ3n) is 25.4. The fourth-order valence-electron chi connectivity index (χ4n) is 18.2. The Morgan fingerprint density at radius 3 is 1.06 bits per heavy atom. The molecule has 3 aromatic carbocycles. The molecule has 39 heteroatoms. The van der Waals surface area contributed by atoms with Crippen LogP contribution in [0.4, 0.5) is 52.9 Å². The number of fused-ring (bicyclic) bond motifs is 3. The summed E-state index contributed by atoms with van der Waals surface area (Å²) in [5, 5.41) is 33.1. The number of halogens is 6. The molecule has 0 bridgehead atoms. The van der Waals surface area contributed by atoms with Crippen LogP contribution in [-0.2, 0) is 14.4 Å². The van der Waals surface area contributed by atoms with Gasteiger partial charge in [0.05, 0.1) is 106 Å². The molecule has 4 aliphatic carbocycles. The van der Waals surface area contributed by atoms with Crippen LogP contribution in [0.5, 0.6) is 17.2 Å². The number of nitrogens with zero attached hydrogens (tertiary/aromatic N) is 21. The maximum absolute atomic E-state index is 16.0. The molecule has 3 saturated heterocycles. The molecular weight excluding hydrogens is 1770 g/mol. The quantitative estimate of drug-likeness (QED) is 0.0343. The highest BCUT2D eigenvalue weighted by Crippen LogP contribution is 2.52. The van der Waals surface area contributed by atoms with Gasteiger partial charge >= 0.3 is 17.1 Å². The average Bonchev–Trinajstić information content (AvgIpc) is 1.63. The predicted octanol–water partition coefficient (Wildman–Crippen LogP) is 13.6. The van der Waals surface area contributed by atoms with Gasteiger partial charge in [-0.2, -0.15) is 15.0 Å². The van der Waals surface area contributed by atoms with Gasteiger partial charge in [0.15, 0.2) is 22.8 Å². The number of nitrogens with two attached hydrogens (primary N) is 3. The third-order valence-corrected chi connectivity index (χ3v) is 26.0. The van der Waals surface area contributed by atoms with Gasteiger partial charge in [-0.3, -0.25) is 14.4 Å². The van der Waals surface area contributed by atoms with Gasteiger partial charge in [-0.1, -0.05) is 88.8 Å². The Labute approximate surface area is 775 Å². The molecule has 0 spiro atoms. The van der Waals surface area contributed by atoms with Crippen LogP contribution in [0.1, 0.15) is 183 Å². The molecule has 33 nitrogen and oxygen atoms in total. The monoisotopic (exact) mass is 1860 g/mol. The highest BCUT2D eigenvalue weighted by atomic mass is 35.5. The summed E-state index contributed by atoms with van der Waals surface area (Å²) in [5.74, 6) is -3.92. The normalized spacial score (nSPS) is 18.6. The van der Waals surface area contributed by atoms with Crippen molar-refractivity contribution in [1.82, 2.24) is 88.2 Å². The number of phenols is 3. The summed E-state index contributed by atoms with van der Waals surface area (Å²) >= 11 is 13.6. The number of pyridine rings is 3. The number of nitrogen functional groups attached to an aromatic ring is 3. The lowest BCUT2D eigenvalue weighted by Gasteiger charge is -2.44. The number of piperazine rings is 3. The van der Waals surface area contributed by atoms with Crippen molar-refractivity contribution in [3.05, 3.63) is 210 Å². The molecule has 12 heterocycles. The Bertz CT molecular complexity index is 6670. The lowest BCUT2D eigenvalue weighted by molar-refractivity contribution is -0.129. The second-order valence-corrected chi connectivity index (χ2v) is 36.6. The highest BCUT2D eigenvalue weighted by Gasteiger charge is 2.44. The number of aromatic hydroxyl groups is 3. The van der Waals surface area contributed by atoms with Crippen molar-refractivity contribution < 1.29 is 47.3 Å². The van der Waals surface area contributed by atoms with Gasteiger partial charge in [0, 0.05) is 99.7 Å². The molecular formula is C95H98Cl2F4N24O9. The minimum absolute atomic E-state index is 0.0215. The summed E-state index contributed by atoms with van der Waals surface area (Å²) in [6, 6.07) is 14.6. The zero-order valence-electron chi connectivity index (χ0n) is 74.9. The van der Waals surface area contributed by atoms with Gasteiger partial charge in [0.25, 0.3) is 0 Å². The molecule has 19 rings (SSSR count). The van der Waals surface area contributed by atoms with E-state index in [0.717, 1.165) is 63.5 Å². The van der Waals surface area contributed by atoms with Crippen molar-refractivity contribution in [2.75, 3.05) is 77.7 Å². The van der Waals surface area contributed by atoms with Crippen molar-refractivity contribution in [2.45, 2.75) is 179 Å². The van der Waals surface area contributed by atoms with Gasteiger partial charge in [-0.15, -0.1) is 0 Å². The minimum Gasteiger partial charge on any atom is -0.507 e. The maximum atomic E-state index is 16.0. The van der Waals surface area contributed by atoms with Crippen molar-refractivity contribution >= 4 is 109 Å². The number of carbonyl (C=O) groups is 3. The van der Waals surface area contributed by atoms with E-state index in [1.54, 1.807) is 26.8 Å². The zero-order chi connectivity index (χ0) is 95.5. The Hall–Kier alpha value is -14.1. The fourth-order valence-corrected chi connectivity index (χ4v) is 18.7. The van der Waals surface area contributed by atoms with E-state index in [1.807, 2.05) is 77.0 Å². The van der Waals surface area contributed by atoms with Gasteiger partial charge in [0.2, 0.25) is 35.6 Å². The van der Waals surface area contributed by atoms with E-state index in [-0.39, 0.29) is 180 Å². The first kappa shape index (κ1) is 91.8. The summed E-state index contributed by atoms with van der Waals surface area (Å²) in [4.78, 5) is 146. The first-order chi connectivity index (χ1) is 64.0. The van der Waals surface area contributed by atoms with Crippen LogP contribution in [0, 0.1) is 23.3 Å².